The number of hydrogen-bond acceptors (Lipinski definition) is 7. The number of thioether (sulfide) groups is 1. The van der Waals surface area contributed by atoms with Crippen LogP contribution in [0.5, 0.6) is 0 Å². The summed E-state index contributed by atoms with van der Waals surface area (Å²) in [7, 11) is 1.39. The van der Waals surface area contributed by atoms with E-state index < -0.39 is 0 Å². The number of carbonyl (C=O) groups excluding carboxylic acids is 1. The summed E-state index contributed by atoms with van der Waals surface area (Å²) in [6, 6.07) is 0. The molecule has 0 saturated carbocycles. The molecule has 0 aliphatic carbocycles. The van der Waals surface area contributed by atoms with Crippen LogP contribution in [0.4, 0.5) is 0 Å². The Morgan fingerprint density at radius 2 is 2.24 bits per heavy atom. The number of rotatable bonds is 4. The molecule has 3 aromatic heterocycles. The Labute approximate surface area is 129 Å². The second kappa shape index (κ2) is 5.61. The number of nitrogens with zero attached hydrogens (tertiary/aromatic N) is 4. The summed E-state index contributed by atoms with van der Waals surface area (Å²) in [6.07, 6.45) is 2.09. The second-order valence-corrected chi connectivity index (χ2v) is 6.82. The predicted molar refractivity (Wildman–Crippen MR) is 83.0 cm³/mol. The molecule has 21 heavy (non-hydrogen) atoms. The largest absolute Gasteiger partial charge is 0.469 e. The fourth-order valence-corrected chi connectivity index (χ4v) is 3.87. The summed E-state index contributed by atoms with van der Waals surface area (Å²) >= 11 is 3.14. The predicted octanol–water partition coefficient (Wildman–Crippen LogP) is 2.61. The van der Waals surface area contributed by atoms with Gasteiger partial charge < -0.3 is 4.74 Å². The number of methoxy groups -OCH3 is 1. The van der Waals surface area contributed by atoms with Crippen LogP contribution < -0.4 is 0 Å². The lowest BCUT2D eigenvalue weighted by Gasteiger charge is -2.00. The van der Waals surface area contributed by atoms with Crippen LogP contribution in [0.1, 0.15) is 16.9 Å². The molecule has 0 fully saturated rings. The van der Waals surface area contributed by atoms with Crippen molar-refractivity contribution in [2.45, 2.75) is 25.4 Å². The van der Waals surface area contributed by atoms with Crippen LogP contribution in [0.3, 0.4) is 0 Å². The Bertz CT molecular complexity index is 824. The summed E-state index contributed by atoms with van der Waals surface area (Å²) in [5.74, 6) is 0.383. The van der Waals surface area contributed by atoms with Crippen LogP contribution in [0.15, 0.2) is 11.5 Å². The van der Waals surface area contributed by atoms with E-state index in [2.05, 4.69) is 33.8 Å². The highest BCUT2D eigenvalue weighted by molar-refractivity contribution is 7.99. The van der Waals surface area contributed by atoms with E-state index in [0.717, 1.165) is 21.0 Å². The highest BCUT2D eigenvalue weighted by Crippen LogP contribution is 2.32. The van der Waals surface area contributed by atoms with Gasteiger partial charge in [0, 0.05) is 10.6 Å². The van der Waals surface area contributed by atoms with Gasteiger partial charge in [0.05, 0.1) is 18.9 Å². The van der Waals surface area contributed by atoms with Gasteiger partial charge in [0.2, 0.25) is 0 Å². The first-order valence-electron chi connectivity index (χ1n) is 6.41. The smallest absolute Gasteiger partial charge is 0.306 e. The highest BCUT2D eigenvalue weighted by Gasteiger charge is 2.15. The van der Waals surface area contributed by atoms with E-state index in [1.807, 2.05) is 4.40 Å². The van der Waals surface area contributed by atoms with Gasteiger partial charge in [-0.1, -0.05) is 11.8 Å². The van der Waals surface area contributed by atoms with E-state index in [1.165, 1.54) is 29.3 Å². The van der Waals surface area contributed by atoms with Crippen molar-refractivity contribution in [2.75, 3.05) is 12.9 Å². The number of ether oxygens (including phenoxy) is 1. The van der Waals surface area contributed by atoms with Crippen molar-refractivity contribution >= 4 is 44.9 Å². The SMILES string of the molecule is COC(=O)CCSc1nnc2c3c(C)c(C)sc3ncn12. The van der Waals surface area contributed by atoms with Crippen LogP contribution in [-0.2, 0) is 9.53 Å². The lowest BCUT2D eigenvalue weighted by Crippen LogP contribution is -2.01. The summed E-state index contributed by atoms with van der Waals surface area (Å²) in [6.45, 7) is 4.16. The first kappa shape index (κ1) is 14.3. The number of aryl methyl sites for hydroxylation is 2. The van der Waals surface area contributed by atoms with Gasteiger partial charge in [-0.05, 0) is 19.4 Å². The third-order valence-electron chi connectivity index (χ3n) is 3.31. The van der Waals surface area contributed by atoms with Crippen molar-refractivity contribution in [3.8, 4) is 0 Å². The molecule has 0 N–H and O–H groups in total. The van der Waals surface area contributed by atoms with Crippen LogP contribution in [-0.4, -0.2) is 38.4 Å². The molecule has 0 atom stereocenters. The minimum Gasteiger partial charge on any atom is -0.469 e. The summed E-state index contributed by atoms with van der Waals surface area (Å²) in [5, 5.41) is 10.3. The molecule has 6 nitrogen and oxygen atoms in total. The third kappa shape index (κ3) is 2.49. The molecule has 0 aromatic carbocycles. The van der Waals surface area contributed by atoms with Crippen LogP contribution in [0.2, 0.25) is 0 Å². The van der Waals surface area contributed by atoms with Gasteiger partial charge >= 0.3 is 5.97 Å². The normalized spacial score (nSPS) is 11.4. The van der Waals surface area contributed by atoms with E-state index in [1.54, 1.807) is 17.7 Å². The minimum absolute atomic E-state index is 0.221. The molecule has 3 aromatic rings. The molecule has 110 valence electrons. The second-order valence-electron chi connectivity index (χ2n) is 4.56. The Kier molecular flexibility index (Phi) is 3.81. The monoisotopic (exact) mass is 322 g/mol. The fraction of sp³-hybridized carbons (Fsp3) is 0.385. The third-order valence-corrected chi connectivity index (χ3v) is 5.37. The lowest BCUT2D eigenvalue weighted by atomic mass is 10.2. The van der Waals surface area contributed by atoms with Gasteiger partial charge in [0.1, 0.15) is 11.2 Å². The topological polar surface area (TPSA) is 69.4 Å². The molecule has 0 unspecified atom stereocenters. The van der Waals surface area contributed by atoms with Crippen LogP contribution >= 0.6 is 23.1 Å². The fourth-order valence-electron chi connectivity index (χ4n) is 2.05. The van der Waals surface area contributed by atoms with Crippen molar-refractivity contribution in [1.82, 2.24) is 19.6 Å². The summed E-state index contributed by atoms with van der Waals surface area (Å²) < 4.78 is 6.51. The standard InChI is InChI=1S/C13H14N4O2S2/c1-7-8(2)21-12-10(7)11-15-16-13(17(11)6-14-12)20-5-4-9(18)19-3/h6H,4-5H2,1-3H3. The van der Waals surface area contributed by atoms with Gasteiger partial charge in [-0.3, -0.25) is 9.20 Å². The molecular formula is C13H14N4O2S2. The Morgan fingerprint density at radius 1 is 1.43 bits per heavy atom. The molecule has 3 heterocycles. The maximum atomic E-state index is 11.1. The summed E-state index contributed by atoms with van der Waals surface area (Å²) in [4.78, 5) is 17.8. The first-order chi connectivity index (χ1) is 10.1. The molecule has 0 saturated heterocycles. The van der Waals surface area contributed by atoms with Crippen LogP contribution in [0, 0.1) is 13.8 Å². The molecule has 0 aliphatic heterocycles. The zero-order chi connectivity index (χ0) is 15.0. The van der Waals surface area contributed by atoms with Crippen molar-refractivity contribution in [2.24, 2.45) is 0 Å². The molecule has 3 rings (SSSR count). The number of fused-ring (bicyclic) bond motifs is 3. The van der Waals surface area contributed by atoms with Gasteiger partial charge in [-0.25, -0.2) is 4.98 Å². The number of thiophene rings is 1. The maximum Gasteiger partial charge on any atom is 0.306 e. The number of hydrogen-bond donors (Lipinski definition) is 0. The Morgan fingerprint density at radius 3 is 3.00 bits per heavy atom. The maximum absolute atomic E-state index is 11.1. The number of aromatic nitrogens is 4. The minimum atomic E-state index is -0.221. The van der Waals surface area contributed by atoms with Gasteiger partial charge in [0.25, 0.3) is 0 Å². The average molecular weight is 322 g/mol. The van der Waals surface area contributed by atoms with E-state index in [4.69, 9.17) is 0 Å². The lowest BCUT2D eigenvalue weighted by molar-refractivity contribution is -0.140. The van der Waals surface area contributed by atoms with Crippen LogP contribution in [0.25, 0.3) is 15.9 Å². The van der Waals surface area contributed by atoms with E-state index in [0.29, 0.717) is 12.2 Å². The zero-order valence-corrected chi connectivity index (χ0v) is 13.5. The van der Waals surface area contributed by atoms with E-state index >= 15 is 0 Å². The summed E-state index contributed by atoms with van der Waals surface area (Å²) in [5.41, 5.74) is 2.02. The van der Waals surface area contributed by atoms with Crippen molar-refractivity contribution in [1.29, 1.82) is 0 Å². The average Bonchev–Trinajstić information content (AvgIpc) is 3.01. The van der Waals surface area contributed by atoms with Crippen molar-refractivity contribution in [3.63, 3.8) is 0 Å². The molecule has 0 spiro atoms. The number of esters is 1. The highest BCUT2D eigenvalue weighted by atomic mass is 32.2. The van der Waals surface area contributed by atoms with Gasteiger partial charge in [0.15, 0.2) is 10.8 Å². The van der Waals surface area contributed by atoms with Crippen molar-refractivity contribution < 1.29 is 9.53 Å². The van der Waals surface area contributed by atoms with Gasteiger partial charge in [-0.15, -0.1) is 21.5 Å². The Hall–Kier alpha value is -1.67. The van der Waals surface area contributed by atoms with E-state index in [9.17, 15) is 4.79 Å². The Balaban J connectivity index is 1.95. The quantitative estimate of drug-likeness (QED) is 0.543. The molecular weight excluding hydrogens is 308 g/mol. The van der Waals surface area contributed by atoms with Gasteiger partial charge in [-0.2, -0.15) is 0 Å². The number of carbonyl (C=O) groups is 1. The molecule has 0 bridgehead atoms. The van der Waals surface area contributed by atoms with Crippen molar-refractivity contribution in [3.05, 3.63) is 16.8 Å². The molecule has 0 amide bonds. The van der Waals surface area contributed by atoms with E-state index in [-0.39, 0.29) is 5.97 Å². The first-order valence-corrected chi connectivity index (χ1v) is 8.21. The molecule has 8 heteroatoms. The zero-order valence-electron chi connectivity index (χ0n) is 11.9. The molecule has 0 radical (unpaired) electrons. The molecule has 0 aliphatic rings.